The van der Waals surface area contributed by atoms with E-state index in [4.69, 9.17) is 4.74 Å². The molecule has 2 fully saturated rings. The van der Waals surface area contributed by atoms with Crippen molar-refractivity contribution in [2.75, 3.05) is 0 Å². The van der Waals surface area contributed by atoms with Gasteiger partial charge in [0.2, 0.25) is 0 Å². The first-order chi connectivity index (χ1) is 6.42. The molecular formula is C11H17O2. The number of hydrogen-bond donors (Lipinski definition) is 0. The average Bonchev–Trinajstić information content (AvgIpc) is 2.19. The first-order valence-electron chi connectivity index (χ1n) is 5.44. The monoisotopic (exact) mass is 181 g/mol. The fourth-order valence-corrected chi connectivity index (χ4v) is 3.09. The first-order valence-corrected chi connectivity index (χ1v) is 5.44. The van der Waals surface area contributed by atoms with Crippen molar-refractivity contribution in [2.45, 2.75) is 51.0 Å². The molecule has 2 saturated carbocycles. The minimum Gasteiger partial charge on any atom is -0.454 e. The van der Waals surface area contributed by atoms with Gasteiger partial charge in [-0.25, -0.2) is 4.79 Å². The molecule has 0 saturated heterocycles. The lowest BCUT2D eigenvalue weighted by Crippen LogP contribution is -2.36. The van der Waals surface area contributed by atoms with Gasteiger partial charge in [0.25, 0.3) is 0 Å². The molecule has 73 valence electrons. The van der Waals surface area contributed by atoms with Crippen molar-refractivity contribution in [1.29, 1.82) is 0 Å². The van der Waals surface area contributed by atoms with Crippen molar-refractivity contribution in [3.8, 4) is 0 Å². The Morgan fingerprint density at radius 3 is 2.62 bits per heavy atom. The summed E-state index contributed by atoms with van der Waals surface area (Å²) in [5.74, 6) is 1.49. The largest absolute Gasteiger partial charge is 0.454 e. The molecule has 3 unspecified atom stereocenters. The number of fused-ring (bicyclic) bond motifs is 1. The highest BCUT2D eigenvalue weighted by atomic mass is 16.5. The molecule has 2 aliphatic rings. The fraction of sp³-hybridized carbons (Fsp3) is 0.909. The highest BCUT2D eigenvalue weighted by Crippen LogP contribution is 2.41. The Morgan fingerprint density at radius 1 is 1.00 bits per heavy atom. The van der Waals surface area contributed by atoms with Gasteiger partial charge in [0.1, 0.15) is 6.10 Å². The quantitative estimate of drug-likeness (QED) is 0.654. The first kappa shape index (κ1) is 9.04. The highest BCUT2D eigenvalue weighted by molar-refractivity contribution is 5.38. The van der Waals surface area contributed by atoms with E-state index >= 15 is 0 Å². The second-order valence-corrected chi connectivity index (χ2v) is 4.38. The van der Waals surface area contributed by atoms with Crippen LogP contribution in [0.2, 0.25) is 0 Å². The molecule has 2 nitrogen and oxygen atoms in total. The highest BCUT2D eigenvalue weighted by Gasteiger charge is 2.35. The second-order valence-electron chi connectivity index (χ2n) is 4.38. The predicted octanol–water partition coefficient (Wildman–Crippen LogP) is 2.43. The van der Waals surface area contributed by atoms with E-state index in [0.29, 0.717) is 5.92 Å². The summed E-state index contributed by atoms with van der Waals surface area (Å²) >= 11 is 0. The van der Waals surface area contributed by atoms with Gasteiger partial charge in [0, 0.05) is 0 Å². The fourth-order valence-electron chi connectivity index (χ4n) is 3.09. The molecule has 1 radical (unpaired) electrons. The maximum atomic E-state index is 10.2. The van der Waals surface area contributed by atoms with Crippen LogP contribution in [-0.4, -0.2) is 12.6 Å². The lowest BCUT2D eigenvalue weighted by Gasteiger charge is -2.39. The number of carbonyl (C=O) groups excluding carboxylic acids is 1. The third kappa shape index (κ3) is 1.87. The summed E-state index contributed by atoms with van der Waals surface area (Å²) in [6.07, 6.45) is 9.14. The van der Waals surface area contributed by atoms with Crippen LogP contribution < -0.4 is 0 Å². The van der Waals surface area contributed by atoms with Crippen molar-refractivity contribution >= 4 is 6.47 Å². The van der Waals surface area contributed by atoms with Crippen molar-refractivity contribution in [1.82, 2.24) is 0 Å². The molecule has 0 bridgehead atoms. The molecule has 2 rings (SSSR count). The Kier molecular flexibility index (Phi) is 2.87. The Labute approximate surface area is 79.7 Å². The van der Waals surface area contributed by atoms with Crippen LogP contribution in [0.4, 0.5) is 0 Å². The van der Waals surface area contributed by atoms with E-state index in [1.165, 1.54) is 38.5 Å². The van der Waals surface area contributed by atoms with E-state index in [2.05, 4.69) is 0 Å². The molecule has 0 aromatic carbocycles. The van der Waals surface area contributed by atoms with Crippen LogP contribution in [0.3, 0.4) is 0 Å². The maximum Gasteiger partial charge on any atom is 0.417 e. The zero-order chi connectivity index (χ0) is 9.10. The van der Waals surface area contributed by atoms with Gasteiger partial charge in [-0.3, -0.25) is 0 Å². The van der Waals surface area contributed by atoms with Crippen LogP contribution in [0.5, 0.6) is 0 Å². The van der Waals surface area contributed by atoms with E-state index in [-0.39, 0.29) is 6.10 Å². The molecule has 0 heterocycles. The van der Waals surface area contributed by atoms with Crippen LogP contribution in [0.25, 0.3) is 0 Å². The smallest absolute Gasteiger partial charge is 0.417 e. The second kappa shape index (κ2) is 4.12. The van der Waals surface area contributed by atoms with E-state index in [1.54, 1.807) is 6.47 Å². The lowest BCUT2D eigenvalue weighted by atomic mass is 9.69. The normalized spacial score (nSPS) is 39.2. The summed E-state index contributed by atoms with van der Waals surface area (Å²) in [7, 11) is 0. The van der Waals surface area contributed by atoms with Crippen LogP contribution in [0.15, 0.2) is 0 Å². The minimum absolute atomic E-state index is 0.191. The van der Waals surface area contributed by atoms with Gasteiger partial charge in [-0.2, -0.15) is 0 Å². The van der Waals surface area contributed by atoms with Gasteiger partial charge >= 0.3 is 6.47 Å². The van der Waals surface area contributed by atoms with Crippen molar-refractivity contribution < 1.29 is 9.53 Å². The summed E-state index contributed by atoms with van der Waals surface area (Å²) < 4.78 is 5.05. The third-order valence-electron chi connectivity index (χ3n) is 3.71. The molecule has 0 N–H and O–H groups in total. The summed E-state index contributed by atoms with van der Waals surface area (Å²) in [4.78, 5) is 10.2. The minimum atomic E-state index is 0.191. The summed E-state index contributed by atoms with van der Waals surface area (Å²) in [6, 6.07) is 0. The Morgan fingerprint density at radius 2 is 1.77 bits per heavy atom. The molecule has 0 aliphatic heterocycles. The zero-order valence-electron chi connectivity index (χ0n) is 8.00. The zero-order valence-corrected chi connectivity index (χ0v) is 8.00. The van der Waals surface area contributed by atoms with Crippen molar-refractivity contribution in [2.24, 2.45) is 11.8 Å². The van der Waals surface area contributed by atoms with Crippen molar-refractivity contribution in [3.05, 3.63) is 0 Å². The molecular weight excluding hydrogens is 164 g/mol. The molecule has 2 heteroatoms. The van der Waals surface area contributed by atoms with Crippen LogP contribution in [-0.2, 0) is 9.53 Å². The summed E-state index contributed by atoms with van der Waals surface area (Å²) in [6.45, 7) is 1.62. The van der Waals surface area contributed by atoms with Gasteiger partial charge < -0.3 is 4.74 Å². The van der Waals surface area contributed by atoms with Crippen LogP contribution >= 0.6 is 0 Å². The molecule has 0 aromatic heterocycles. The van der Waals surface area contributed by atoms with E-state index in [9.17, 15) is 4.79 Å². The topological polar surface area (TPSA) is 26.3 Å². The standard InChI is InChI=1S/C11H17O2/c12-8-13-11-7-3-5-9-4-1-2-6-10(9)11/h9-11H,1-7H2. The van der Waals surface area contributed by atoms with E-state index in [1.807, 2.05) is 0 Å². The maximum absolute atomic E-state index is 10.2. The number of ether oxygens (including phenoxy) is 1. The third-order valence-corrected chi connectivity index (χ3v) is 3.71. The van der Waals surface area contributed by atoms with Gasteiger partial charge in [-0.1, -0.05) is 19.3 Å². The molecule has 13 heavy (non-hydrogen) atoms. The molecule has 2 aliphatic carbocycles. The predicted molar refractivity (Wildman–Crippen MR) is 49.9 cm³/mol. The average molecular weight is 181 g/mol. The Bertz CT molecular complexity index is 177. The van der Waals surface area contributed by atoms with Crippen LogP contribution in [0, 0.1) is 11.8 Å². The molecule has 0 spiro atoms. The molecule has 0 aromatic rings. The number of rotatable bonds is 2. The SMILES string of the molecule is O=[C]OC1CCCC2CCCCC21. The molecule has 0 amide bonds. The van der Waals surface area contributed by atoms with Crippen LogP contribution in [0.1, 0.15) is 44.9 Å². The summed E-state index contributed by atoms with van der Waals surface area (Å²) in [5.41, 5.74) is 0. The van der Waals surface area contributed by atoms with Gasteiger partial charge in [-0.05, 0) is 37.5 Å². The van der Waals surface area contributed by atoms with Gasteiger partial charge in [-0.15, -0.1) is 0 Å². The summed E-state index contributed by atoms with van der Waals surface area (Å²) in [5, 5.41) is 0. The van der Waals surface area contributed by atoms with E-state index in [0.717, 1.165) is 12.3 Å². The Hall–Kier alpha value is -0.530. The molecule has 3 atom stereocenters. The lowest BCUT2D eigenvalue weighted by molar-refractivity contribution is 0.0178. The Balaban J connectivity index is 1.98. The van der Waals surface area contributed by atoms with Crippen molar-refractivity contribution in [3.63, 3.8) is 0 Å². The van der Waals surface area contributed by atoms with Gasteiger partial charge in [0.05, 0.1) is 0 Å². The van der Waals surface area contributed by atoms with E-state index < -0.39 is 0 Å². The number of hydrogen-bond acceptors (Lipinski definition) is 2. The van der Waals surface area contributed by atoms with Gasteiger partial charge in [0.15, 0.2) is 0 Å².